The minimum Gasteiger partial charge on any atom is -0.233 e. The number of thiazole rings is 1. The summed E-state index contributed by atoms with van der Waals surface area (Å²) >= 11 is 1.56. The first-order valence-electron chi connectivity index (χ1n) is 4.75. The van der Waals surface area contributed by atoms with E-state index < -0.39 is 0 Å². The lowest BCUT2D eigenvalue weighted by Gasteiger charge is -2.00. The molecular weight excluding hydrogens is 202 g/mol. The number of benzene rings is 2. The van der Waals surface area contributed by atoms with Gasteiger partial charge in [-0.2, -0.15) is 0 Å². The molecule has 1 radical (unpaired) electrons. The maximum atomic E-state index is 4.15. The summed E-state index contributed by atoms with van der Waals surface area (Å²) in [5.74, 6) is 0. The number of hydrogen-bond donors (Lipinski definition) is 0. The lowest BCUT2D eigenvalue weighted by Crippen LogP contribution is -1.76. The van der Waals surface area contributed by atoms with Crippen molar-refractivity contribution in [1.29, 1.82) is 0 Å². The number of nitrogens with zero attached hydrogens (tertiary/aromatic N) is 1. The molecule has 0 bridgehead atoms. The third-order valence-electron chi connectivity index (χ3n) is 2.39. The van der Waals surface area contributed by atoms with Gasteiger partial charge in [-0.3, -0.25) is 0 Å². The van der Waals surface area contributed by atoms with Gasteiger partial charge >= 0.3 is 0 Å². The van der Waals surface area contributed by atoms with Crippen LogP contribution in [-0.2, 0) is 0 Å². The highest BCUT2D eigenvalue weighted by Gasteiger charge is 2.00. The van der Waals surface area contributed by atoms with Gasteiger partial charge in [-0.1, -0.05) is 36.4 Å². The largest absolute Gasteiger partial charge is 0.233 e. The molecule has 1 heterocycles. The van der Waals surface area contributed by atoms with Crippen molar-refractivity contribution in [2.24, 2.45) is 0 Å². The average molecular weight is 210 g/mol. The summed E-state index contributed by atoms with van der Waals surface area (Å²) < 4.78 is 1.19. The Morgan fingerprint density at radius 3 is 2.67 bits per heavy atom. The summed E-state index contributed by atoms with van der Waals surface area (Å²) in [5, 5.41) is 0. The van der Waals surface area contributed by atoms with Crippen molar-refractivity contribution >= 4 is 21.6 Å². The molecule has 0 aliphatic heterocycles. The zero-order valence-electron chi connectivity index (χ0n) is 7.97. The molecule has 0 atom stereocenters. The van der Waals surface area contributed by atoms with E-state index in [4.69, 9.17) is 0 Å². The molecule has 0 spiro atoms. The number of aromatic nitrogens is 1. The van der Waals surface area contributed by atoms with Crippen molar-refractivity contribution in [2.75, 3.05) is 0 Å². The van der Waals surface area contributed by atoms with Gasteiger partial charge in [0, 0.05) is 0 Å². The van der Waals surface area contributed by atoms with Crippen LogP contribution < -0.4 is 0 Å². The molecule has 2 heteroatoms. The van der Waals surface area contributed by atoms with E-state index in [2.05, 4.69) is 46.9 Å². The second-order valence-electron chi connectivity index (χ2n) is 3.35. The lowest BCUT2D eigenvalue weighted by atomic mass is 10.1. The molecule has 3 aromatic rings. The number of rotatable bonds is 1. The molecule has 0 aliphatic rings. The van der Waals surface area contributed by atoms with Crippen molar-refractivity contribution < 1.29 is 0 Å². The molecule has 2 aromatic carbocycles. The van der Waals surface area contributed by atoms with Crippen molar-refractivity contribution in [2.45, 2.75) is 0 Å². The highest BCUT2D eigenvalue weighted by atomic mass is 32.1. The van der Waals surface area contributed by atoms with Gasteiger partial charge in [0.25, 0.3) is 0 Å². The second-order valence-corrected chi connectivity index (χ2v) is 4.18. The smallest absolute Gasteiger partial charge is 0.153 e. The monoisotopic (exact) mass is 210 g/mol. The average Bonchev–Trinajstić information content (AvgIpc) is 2.77. The van der Waals surface area contributed by atoms with Crippen molar-refractivity contribution in [3.8, 4) is 11.1 Å². The van der Waals surface area contributed by atoms with Crippen LogP contribution in [0.1, 0.15) is 0 Å². The molecule has 0 unspecified atom stereocenters. The lowest BCUT2D eigenvalue weighted by molar-refractivity contribution is 1.48. The van der Waals surface area contributed by atoms with Gasteiger partial charge < -0.3 is 0 Å². The molecule has 0 N–H and O–H groups in total. The van der Waals surface area contributed by atoms with Gasteiger partial charge in [0.15, 0.2) is 5.51 Å². The Morgan fingerprint density at radius 2 is 1.80 bits per heavy atom. The van der Waals surface area contributed by atoms with Gasteiger partial charge in [-0.15, -0.1) is 11.3 Å². The van der Waals surface area contributed by atoms with Gasteiger partial charge in [0.2, 0.25) is 0 Å². The van der Waals surface area contributed by atoms with Crippen molar-refractivity contribution in [1.82, 2.24) is 4.98 Å². The zero-order chi connectivity index (χ0) is 10.1. The Kier molecular flexibility index (Phi) is 2.00. The topological polar surface area (TPSA) is 12.9 Å². The van der Waals surface area contributed by atoms with E-state index in [0.717, 1.165) is 5.52 Å². The minimum atomic E-state index is 1.03. The number of hydrogen-bond acceptors (Lipinski definition) is 2. The van der Waals surface area contributed by atoms with E-state index >= 15 is 0 Å². The first kappa shape index (κ1) is 8.62. The Balaban J connectivity index is 2.19. The molecule has 1 nitrogen and oxygen atoms in total. The van der Waals surface area contributed by atoms with Crippen LogP contribution in [0, 0.1) is 5.51 Å². The molecule has 0 fully saturated rings. The fourth-order valence-electron chi connectivity index (χ4n) is 1.62. The van der Waals surface area contributed by atoms with Gasteiger partial charge in [0.05, 0.1) is 10.2 Å². The summed E-state index contributed by atoms with van der Waals surface area (Å²) in [5.41, 5.74) is 6.42. The SMILES string of the molecule is [c]1nc2ccc(-c3ccccc3)cc2s1. The quantitative estimate of drug-likeness (QED) is 0.596. The predicted molar refractivity (Wildman–Crippen MR) is 63.9 cm³/mol. The van der Waals surface area contributed by atoms with Crippen molar-refractivity contribution in [3.63, 3.8) is 0 Å². The zero-order valence-corrected chi connectivity index (χ0v) is 8.79. The first-order valence-corrected chi connectivity index (χ1v) is 5.57. The molecule has 1 aromatic heterocycles. The molecule has 71 valence electrons. The molecule has 0 saturated heterocycles. The van der Waals surface area contributed by atoms with E-state index in [-0.39, 0.29) is 0 Å². The highest BCUT2D eigenvalue weighted by Crippen LogP contribution is 2.25. The first-order chi connectivity index (χ1) is 7.43. The fraction of sp³-hybridized carbons (Fsp3) is 0. The van der Waals surface area contributed by atoms with Gasteiger partial charge in [-0.05, 0) is 23.3 Å². The van der Waals surface area contributed by atoms with Crippen LogP contribution in [0.15, 0.2) is 48.5 Å². The van der Waals surface area contributed by atoms with Crippen LogP contribution >= 0.6 is 11.3 Å². The van der Waals surface area contributed by atoms with Crippen LogP contribution in [0.3, 0.4) is 0 Å². The minimum absolute atomic E-state index is 1.03. The van der Waals surface area contributed by atoms with Crippen LogP contribution in [0.2, 0.25) is 0 Å². The van der Waals surface area contributed by atoms with E-state index in [9.17, 15) is 0 Å². The normalized spacial score (nSPS) is 10.7. The van der Waals surface area contributed by atoms with Crippen LogP contribution in [0.4, 0.5) is 0 Å². The molecule has 15 heavy (non-hydrogen) atoms. The summed E-state index contributed by atoms with van der Waals surface area (Å²) in [7, 11) is 0. The Morgan fingerprint density at radius 1 is 0.933 bits per heavy atom. The Hall–Kier alpha value is -1.67. The van der Waals surface area contributed by atoms with E-state index in [1.54, 1.807) is 11.3 Å². The standard InChI is InChI=1S/C13H8NS/c1-2-4-10(5-3-1)11-6-7-12-13(8-11)15-9-14-12/h1-8H. The molecular formula is C13H8NS. The summed E-state index contributed by atoms with van der Waals surface area (Å²) in [4.78, 5) is 4.15. The summed E-state index contributed by atoms with van der Waals surface area (Å²) in [6, 6.07) is 16.7. The van der Waals surface area contributed by atoms with Gasteiger partial charge in [0.1, 0.15) is 0 Å². The molecule has 3 rings (SSSR count). The summed E-state index contributed by atoms with van der Waals surface area (Å²) in [6.07, 6.45) is 0. The van der Waals surface area contributed by atoms with E-state index in [0.29, 0.717) is 0 Å². The van der Waals surface area contributed by atoms with E-state index in [1.165, 1.54) is 15.8 Å². The predicted octanol–water partition coefficient (Wildman–Crippen LogP) is 3.76. The van der Waals surface area contributed by atoms with Crippen LogP contribution in [0.25, 0.3) is 21.3 Å². The molecule has 0 saturated carbocycles. The molecule has 0 aliphatic carbocycles. The summed E-state index contributed by atoms with van der Waals surface area (Å²) in [6.45, 7) is 0. The van der Waals surface area contributed by atoms with E-state index in [1.807, 2.05) is 12.1 Å². The molecule has 0 amide bonds. The Bertz CT molecular complexity index is 584. The third-order valence-corrected chi connectivity index (χ3v) is 3.12. The van der Waals surface area contributed by atoms with Crippen molar-refractivity contribution in [3.05, 3.63) is 54.0 Å². The van der Waals surface area contributed by atoms with Crippen LogP contribution in [0.5, 0.6) is 0 Å². The van der Waals surface area contributed by atoms with Crippen LogP contribution in [-0.4, -0.2) is 4.98 Å². The fourth-order valence-corrected chi connectivity index (χ4v) is 2.27. The number of fused-ring (bicyclic) bond motifs is 1. The highest BCUT2D eigenvalue weighted by molar-refractivity contribution is 7.16. The third kappa shape index (κ3) is 1.53. The second kappa shape index (κ2) is 3.48. The maximum absolute atomic E-state index is 4.15. The maximum Gasteiger partial charge on any atom is 0.153 e. The van der Waals surface area contributed by atoms with Gasteiger partial charge in [-0.25, -0.2) is 4.98 Å². The Labute approximate surface area is 92.0 Å².